The average molecular weight is 268 g/mol. The number of fused-ring (bicyclic) bond motifs is 2. The lowest BCUT2D eigenvalue weighted by molar-refractivity contribution is 1.37. The molecule has 4 heterocycles. The molecule has 0 aliphatic carbocycles. The van der Waals surface area contributed by atoms with Gasteiger partial charge in [-0.2, -0.15) is 0 Å². The second-order valence-corrected chi connectivity index (χ2v) is 6.08. The van der Waals surface area contributed by atoms with Gasteiger partial charge in [0.1, 0.15) is 0 Å². The van der Waals surface area contributed by atoms with Crippen molar-refractivity contribution in [2.45, 2.75) is 0 Å². The van der Waals surface area contributed by atoms with E-state index in [-0.39, 0.29) is 0 Å². The summed E-state index contributed by atoms with van der Waals surface area (Å²) in [4.78, 5) is 9.89. The summed E-state index contributed by atoms with van der Waals surface area (Å²) < 4.78 is 2.51. The largest absolute Gasteiger partial charge is 0.264 e. The first kappa shape index (κ1) is 10.2. The maximum atomic E-state index is 4.49. The zero-order valence-corrected chi connectivity index (χ0v) is 11.0. The average Bonchev–Trinajstić information content (AvgIpc) is 3.04. The van der Waals surface area contributed by atoms with Crippen LogP contribution in [0.15, 0.2) is 48.2 Å². The lowest BCUT2D eigenvalue weighted by Crippen LogP contribution is -1.75. The summed E-state index contributed by atoms with van der Waals surface area (Å²) >= 11 is 3.52. The molecule has 0 amide bonds. The molecular weight excluding hydrogens is 260 g/mol. The van der Waals surface area contributed by atoms with Crippen LogP contribution >= 0.6 is 22.7 Å². The van der Waals surface area contributed by atoms with Crippen LogP contribution in [0.2, 0.25) is 0 Å². The van der Waals surface area contributed by atoms with E-state index in [1.54, 1.807) is 22.7 Å². The molecule has 0 spiro atoms. The molecule has 86 valence electrons. The van der Waals surface area contributed by atoms with Gasteiger partial charge < -0.3 is 0 Å². The van der Waals surface area contributed by atoms with E-state index in [1.165, 1.54) is 25.2 Å². The van der Waals surface area contributed by atoms with E-state index < -0.39 is 0 Å². The summed E-state index contributed by atoms with van der Waals surface area (Å²) in [5.74, 6) is 0. The summed E-state index contributed by atoms with van der Waals surface area (Å²) in [5.41, 5.74) is 2.26. The smallest absolute Gasteiger partial charge is 0.0810 e. The SMILES string of the molecule is c1cc2sc(-c3cnc4ccsc4c3)cc2cn1. The Kier molecular flexibility index (Phi) is 2.18. The number of rotatable bonds is 1. The highest BCUT2D eigenvalue weighted by atomic mass is 32.1. The first-order chi connectivity index (χ1) is 8.90. The Bertz CT molecular complexity index is 812. The fourth-order valence-corrected chi connectivity index (χ4v) is 3.80. The van der Waals surface area contributed by atoms with Gasteiger partial charge in [0.15, 0.2) is 0 Å². The third kappa shape index (κ3) is 1.54. The van der Waals surface area contributed by atoms with Crippen molar-refractivity contribution in [3.8, 4) is 10.4 Å². The summed E-state index contributed by atoms with van der Waals surface area (Å²) in [5, 5.41) is 3.28. The molecule has 0 N–H and O–H groups in total. The molecular formula is C14H8N2S2. The van der Waals surface area contributed by atoms with Gasteiger partial charge in [0.25, 0.3) is 0 Å². The van der Waals surface area contributed by atoms with E-state index in [9.17, 15) is 0 Å². The second-order valence-electron chi connectivity index (χ2n) is 4.05. The molecule has 4 aromatic heterocycles. The number of pyridine rings is 2. The van der Waals surface area contributed by atoms with Crippen molar-refractivity contribution >= 4 is 43.0 Å². The zero-order chi connectivity index (χ0) is 11.9. The predicted molar refractivity (Wildman–Crippen MR) is 78.2 cm³/mol. The van der Waals surface area contributed by atoms with Crippen molar-refractivity contribution < 1.29 is 0 Å². The molecule has 2 nitrogen and oxygen atoms in total. The first-order valence-corrected chi connectivity index (χ1v) is 7.27. The molecule has 0 radical (unpaired) electrons. The van der Waals surface area contributed by atoms with Crippen LogP contribution in [0.4, 0.5) is 0 Å². The molecule has 0 aromatic carbocycles. The van der Waals surface area contributed by atoms with Crippen LogP contribution < -0.4 is 0 Å². The molecule has 0 atom stereocenters. The molecule has 0 saturated carbocycles. The fraction of sp³-hybridized carbons (Fsp3) is 0. The standard InChI is InChI=1S/C14H8N2S2/c1-3-15-7-9-5-13(18-12(1)9)10-6-14-11(16-8-10)2-4-17-14/h1-8H. The van der Waals surface area contributed by atoms with Crippen LogP contribution in [0.5, 0.6) is 0 Å². The van der Waals surface area contributed by atoms with Gasteiger partial charge in [0, 0.05) is 39.1 Å². The maximum absolute atomic E-state index is 4.49. The van der Waals surface area contributed by atoms with Crippen molar-refractivity contribution in [3.05, 3.63) is 48.2 Å². The van der Waals surface area contributed by atoms with E-state index in [2.05, 4.69) is 39.6 Å². The molecule has 0 fully saturated rings. The van der Waals surface area contributed by atoms with Crippen molar-refractivity contribution in [1.82, 2.24) is 9.97 Å². The third-order valence-electron chi connectivity index (χ3n) is 2.90. The lowest BCUT2D eigenvalue weighted by atomic mass is 10.2. The highest BCUT2D eigenvalue weighted by Crippen LogP contribution is 2.34. The predicted octanol–water partition coefficient (Wildman–Crippen LogP) is 4.57. The molecule has 0 unspecified atom stereocenters. The van der Waals surface area contributed by atoms with Crippen LogP contribution in [-0.4, -0.2) is 9.97 Å². The van der Waals surface area contributed by atoms with Crippen LogP contribution in [-0.2, 0) is 0 Å². The number of hydrogen-bond donors (Lipinski definition) is 0. The van der Waals surface area contributed by atoms with E-state index >= 15 is 0 Å². The topological polar surface area (TPSA) is 25.8 Å². The zero-order valence-electron chi connectivity index (χ0n) is 9.33. The Morgan fingerprint density at radius 1 is 1.00 bits per heavy atom. The fourth-order valence-electron chi connectivity index (χ4n) is 2.01. The van der Waals surface area contributed by atoms with Crippen LogP contribution in [0.3, 0.4) is 0 Å². The quantitative estimate of drug-likeness (QED) is 0.505. The minimum Gasteiger partial charge on any atom is -0.264 e. The van der Waals surface area contributed by atoms with Gasteiger partial charge in [0.2, 0.25) is 0 Å². The van der Waals surface area contributed by atoms with Crippen LogP contribution in [0, 0.1) is 0 Å². The summed E-state index contributed by atoms with van der Waals surface area (Å²) in [6, 6.07) is 8.51. The number of nitrogens with zero attached hydrogens (tertiary/aromatic N) is 2. The van der Waals surface area contributed by atoms with Crippen molar-refractivity contribution in [1.29, 1.82) is 0 Å². The Morgan fingerprint density at radius 2 is 2.00 bits per heavy atom. The van der Waals surface area contributed by atoms with E-state index in [0.717, 1.165) is 5.52 Å². The van der Waals surface area contributed by atoms with Gasteiger partial charge in [-0.15, -0.1) is 22.7 Å². The van der Waals surface area contributed by atoms with E-state index in [1.807, 2.05) is 18.6 Å². The number of hydrogen-bond acceptors (Lipinski definition) is 4. The van der Waals surface area contributed by atoms with E-state index in [4.69, 9.17) is 0 Å². The highest BCUT2D eigenvalue weighted by Gasteiger charge is 2.06. The van der Waals surface area contributed by atoms with Crippen molar-refractivity contribution in [3.63, 3.8) is 0 Å². The molecule has 0 bridgehead atoms. The van der Waals surface area contributed by atoms with Gasteiger partial charge in [-0.25, -0.2) is 0 Å². The maximum Gasteiger partial charge on any atom is 0.0810 e. The van der Waals surface area contributed by atoms with Crippen molar-refractivity contribution in [2.75, 3.05) is 0 Å². The summed E-state index contributed by atoms with van der Waals surface area (Å²) in [7, 11) is 0. The monoisotopic (exact) mass is 268 g/mol. The van der Waals surface area contributed by atoms with Crippen LogP contribution in [0.1, 0.15) is 0 Å². The molecule has 18 heavy (non-hydrogen) atoms. The van der Waals surface area contributed by atoms with Gasteiger partial charge in [0.05, 0.1) is 10.2 Å². The number of thiophene rings is 2. The van der Waals surface area contributed by atoms with Gasteiger partial charge in [-0.1, -0.05) is 0 Å². The first-order valence-electron chi connectivity index (χ1n) is 5.57. The van der Waals surface area contributed by atoms with Gasteiger partial charge >= 0.3 is 0 Å². The minimum atomic E-state index is 1.08. The second kappa shape index (κ2) is 3.86. The van der Waals surface area contributed by atoms with Crippen LogP contribution in [0.25, 0.3) is 30.7 Å². The lowest BCUT2D eigenvalue weighted by Gasteiger charge is -1.96. The Balaban J connectivity index is 1.94. The Hall–Kier alpha value is -1.78. The Morgan fingerprint density at radius 3 is 2.94 bits per heavy atom. The van der Waals surface area contributed by atoms with Gasteiger partial charge in [-0.05, 0) is 29.6 Å². The van der Waals surface area contributed by atoms with Gasteiger partial charge in [-0.3, -0.25) is 9.97 Å². The Labute approximate surface area is 112 Å². The molecule has 0 aliphatic rings. The number of aromatic nitrogens is 2. The van der Waals surface area contributed by atoms with E-state index in [0.29, 0.717) is 0 Å². The molecule has 0 aliphatic heterocycles. The summed E-state index contributed by atoms with van der Waals surface area (Å²) in [6.45, 7) is 0. The minimum absolute atomic E-state index is 1.08. The molecule has 4 heteroatoms. The highest BCUT2D eigenvalue weighted by molar-refractivity contribution is 7.22. The summed E-state index contributed by atoms with van der Waals surface area (Å²) in [6.07, 6.45) is 5.70. The van der Waals surface area contributed by atoms with Crippen molar-refractivity contribution in [2.24, 2.45) is 0 Å². The molecule has 4 rings (SSSR count). The molecule has 0 saturated heterocycles. The molecule has 4 aromatic rings. The third-order valence-corrected chi connectivity index (χ3v) is 4.92. The normalized spacial score (nSPS) is 11.3.